The molecule has 0 spiro atoms. The summed E-state index contributed by atoms with van der Waals surface area (Å²) in [5, 5.41) is 7.15. The van der Waals surface area contributed by atoms with Gasteiger partial charge in [0.2, 0.25) is 0 Å². The van der Waals surface area contributed by atoms with Gasteiger partial charge in [0.1, 0.15) is 6.04 Å². The van der Waals surface area contributed by atoms with Crippen molar-refractivity contribution in [3.63, 3.8) is 0 Å². The lowest BCUT2D eigenvalue weighted by Gasteiger charge is -2.22. The third-order valence-corrected chi connectivity index (χ3v) is 3.56. The number of rotatable bonds is 7. The summed E-state index contributed by atoms with van der Waals surface area (Å²) < 4.78 is 40.7. The Morgan fingerprint density at radius 3 is 2.40 bits per heavy atom. The maximum Gasteiger partial charge on any atom is 0.404 e. The highest BCUT2D eigenvalue weighted by Gasteiger charge is 2.40. The summed E-state index contributed by atoms with van der Waals surface area (Å²) in [6, 6.07) is -1.59. The minimum atomic E-state index is -4.30. The van der Waals surface area contributed by atoms with Gasteiger partial charge in [-0.2, -0.15) is 18.3 Å². The quantitative estimate of drug-likeness (QED) is 0.834. The zero-order valence-corrected chi connectivity index (χ0v) is 12.8. The Labute approximate surface area is 122 Å². The molecule has 0 aromatic carbocycles. The largest absolute Gasteiger partial charge is 0.404 e. The van der Waals surface area contributed by atoms with Gasteiger partial charge in [-0.15, -0.1) is 0 Å². The highest BCUT2D eigenvalue weighted by molar-refractivity contribution is 6.31. The Morgan fingerprint density at radius 1 is 1.30 bits per heavy atom. The number of hydrogen-bond donors (Lipinski definition) is 1. The minimum Gasteiger partial charge on any atom is -0.306 e. The van der Waals surface area contributed by atoms with Gasteiger partial charge in [-0.1, -0.05) is 25.4 Å². The molecule has 1 N–H and O–H groups in total. The van der Waals surface area contributed by atoms with Gasteiger partial charge in [-0.25, -0.2) is 0 Å². The molecular weight excluding hydrogens is 291 g/mol. The Kier molecular flexibility index (Phi) is 6.33. The molecule has 0 aliphatic carbocycles. The van der Waals surface area contributed by atoms with Crippen LogP contribution in [0.25, 0.3) is 0 Å². The van der Waals surface area contributed by atoms with Crippen LogP contribution in [0.15, 0.2) is 0 Å². The van der Waals surface area contributed by atoms with E-state index < -0.39 is 12.2 Å². The topological polar surface area (TPSA) is 29.9 Å². The van der Waals surface area contributed by atoms with E-state index in [9.17, 15) is 13.2 Å². The summed E-state index contributed by atoms with van der Waals surface area (Å²) in [4.78, 5) is 0. The second kappa shape index (κ2) is 7.31. The molecule has 1 rings (SSSR count). The van der Waals surface area contributed by atoms with Gasteiger partial charge in [0, 0.05) is 13.0 Å². The average molecular weight is 312 g/mol. The van der Waals surface area contributed by atoms with Crippen LogP contribution in [0, 0.1) is 0 Å². The average Bonchev–Trinajstić information content (AvgIpc) is 2.69. The highest BCUT2D eigenvalue weighted by atomic mass is 35.5. The Bertz CT molecular complexity index is 429. The normalized spacial score (nSPS) is 13.8. The summed E-state index contributed by atoms with van der Waals surface area (Å²) >= 11 is 6.16. The predicted molar refractivity (Wildman–Crippen MR) is 74.1 cm³/mol. The molecule has 0 radical (unpaired) electrons. The van der Waals surface area contributed by atoms with Crippen molar-refractivity contribution in [1.82, 2.24) is 15.1 Å². The Balaban J connectivity index is 3.01. The molecule has 0 amide bonds. The Hall–Kier alpha value is -0.750. The van der Waals surface area contributed by atoms with Crippen LogP contribution in [0.2, 0.25) is 5.02 Å². The SMILES string of the molecule is CCCNC(Cc1c(Cl)c(CC)nn1CC)C(F)(F)F. The fraction of sp³-hybridized carbons (Fsp3) is 0.769. The fourth-order valence-corrected chi connectivity index (χ4v) is 2.37. The standard InChI is InChI=1S/C13H21ClF3N3/c1-4-7-18-11(13(15,16)17)8-10-12(14)9(5-2)19-20(10)6-3/h11,18H,4-8H2,1-3H3. The van der Waals surface area contributed by atoms with Crippen LogP contribution in [0.5, 0.6) is 0 Å². The molecule has 3 nitrogen and oxygen atoms in total. The van der Waals surface area contributed by atoms with Crippen molar-refractivity contribution in [1.29, 1.82) is 0 Å². The first-order chi connectivity index (χ1) is 9.35. The molecule has 7 heteroatoms. The van der Waals surface area contributed by atoms with Crippen molar-refractivity contribution in [2.45, 2.75) is 58.8 Å². The van der Waals surface area contributed by atoms with E-state index in [4.69, 9.17) is 11.6 Å². The maximum absolute atomic E-state index is 13.0. The molecule has 20 heavy (non-hydrogen) atoms. The lowest BCUT2D eigenvalue weighted by molar-refractivity contribution is -0.155. The van der Waals surface area contributed by atoms with Gasteiger partial charge in [-0.05, 0) is 26.3 Å². The first-order valence-corrected chi connectivity index (χ1v) is 7.26. The first-order valence-electron chi connectivity index (χ1n) is 6.89. The third kappa shape index (κ3) is 4.12. The summed E-state index contributed by atoms with van der Waals surface area (Å²) in [5.74, 6) is 0. The number of hydrogen-bond acceptors (Lipinski definition) is 2. The molecule has 1 heterocycles. The van der Waals surface area contributed by atoms with E-state index >= 15 is 0 Å². The van der Waals surface area contributed by atoms with Gasteiger partial charge in [-0.3, -0.25) is 4.68 Å². The number of nitrogens with zero attached hydrogens (tertiary/aromatic N) is 2. The lowest BCUT2D eigenvalue weighted by atomic mass is 10.1. The van der Waals surface area contributed by atoms with Crippen molar-refractivity contribution < 1.29 is 13.2 Å². The van der Waals surface area contributed by atoms with E-state index in [0.717, 1.165) is 0 Å². The van der Waals surface area contributed by atoms with Crippen LogP contribution in [-0.2, 0) is 19.4 Å². The van der Waals surface area contributed by atoms with Gasteiger partial charge in [0.25, 0.3) is 0 Å². The van der Waals surface area contributed by atoms with E-state index in [-0.39, 0.29) is 6.42 Å². The summed E-state index contributed by atoms with van der Waals surface area (Å²) in [7, 11) is 0. The molecule has 1 unspecified atom stereocenters. The van der Waals surface area contributed by atoms with Crippen molar-refractivity contribution in [2.75, 3.05) is 6.54 Å². The molecule has 1 atom stereocenters. The summed E-state index contributed by atoms with van der Waals surface area (Å²) in [6.45, 7) is 6.39. The molecule has 116 valence electrons. The van der Waals surface area contributed by atoms with Crippen LogP contribution in [0.4, 0.5) is 13.2 Å². The van der Waals surface area contributed by atoms with Crippen molar-refractivity contribution in [3.05, 3.63) is 16.4 Å². The number of aryl methyl sites for hydroxylation is 2. The first kappa shape index (κ1) is 17.3. The number of alkyl halides is 3. The predicted octanol–water partition coefficient (Wildman–Crippen LogP) is 3.59. The number of nitrogens with one attached hydrogen (secondary N) is 1. The van der Waals surface area contributed by atoms with Crippen molar-refractivity contribution in [3.8, 4) is 0 Å². The monoisotopic (exact) mass is 311 g/mol. The molecule has 0 fully saturated rings. The van der Waals surface area contributed by atoms with E-state index in [1.54, 1.807) is 4.68 Å². The zero-order chi connectivity index (χ0) is 15.3. The highest BCUT2D eigenvalue weighted by Crippen LogP contribution is 2.28. The Morgan fingerprint density at radius 2 is 1.95 bits per heavy atom. The molecule has 0 aliphatic rings. The summed E-state index contributed by atoms with van der Waals surface area (Å²) in [6.07, 6.45) is -3.23. The van der Waals surface area contributed by atoms with E-state index in [0.29, 0.717) is 42.3 Å². The molecular formula is C13H21ClF3N3. The lowest BCUT2D eigenvalue weighted by Crippen LogP contribution is -2.44. The molecule has 1 aromatic heterocycles. The van der Waals surface area contributed by atoms with Crippen LogP contribution >= 0.6 is 11.6 Å². The number of aromatic nitrogens is 2. The van der Waals surface area contributed by atoms with Crippen molar-refractivity contribution >= 4 is 11.6 Å². The fourth-order valence-electron chi connectivity index (χ4n) is 2.03. The maximum atomic E-state index is 13.0. The molecule has 0 bridgehead atoms. The molecule has 0 saturated heterocycles. The number of halogens is 4. The van der Waals surface area contributed by atoms with Crippen LogP contribution in [0.3, 0.4) is 0 Å². The van der Waals surface area contributed by atoms with Gasteiger partial charge in [0.15, 0.2) is 0 Å². The summed E-state index contributed by atoms with van der Waals surface area (Å²) in [5.41, 5.74) is 1.11. The van der Waals surface area contributed by atoms with E-state index in [2.05, 4.69) is 10.4 Å². The smallest absolute Gasteiger partial charge is 0.306 e. The molecule has 0 saturated carbocycles. The van der Waals surface area contributed by atoms with Crippen molar-refractivity contribution in [2.24, 2.45) is 0 Å². The van der Waals surface area contributed by atoms with E-state index in [1.807, 2.05) is 20.8 Å². The second-order valence-corrected chi connectivity index (χ2v) is 5.01. The van der Waals surface area contributed by atoms with Gasteiger partial charge >= 0.3 is 6.18 Å². The zero-order valence-electron chi connectivity index (χ0n) is 12.0. The van der Waals surface area contributed by atoms with Crippen LogP contribution < -0.4 is 5.32 Å². The van der Waals surface area contributed by atoms with Crippen LogP contribution in [-0.4, -0.2) is 28.5 Å². The van der Waals surface area contributed by atoms with E-state index in [1.165, 1.54) is 0 Å². The molecule has 0 aliphatic heterocycles. The van der Waals surface area contributed by atoms with Gasteiger partial charge < -0.3 is 5.32 Å². The van der Waals surface area contributed by atoms with Crippen LogP contribution in [0.1, 0.15) is 38.6 Å². The second-order valence-electron chi connectivity index (χ2n) is 4.63. The van der Waals surface area contributed by atoms with Gasteiger partial charge in [0.05, 0.1) is 16.4 Å². The third-order valence-electron chi connectivity index (χ3n) is 3.13. The molecule has 1 aromatic rings. The minimum absolute atomic E-state index is 0.191.